The van der Waals surface area contributed by atoms with Crippen molar-refractivity contribution in [3.63, 3.8) is 0 Å². The van der Waals surface area contributed by atoms with Crippen molar-refractivity contribution in [1.29, 1.82) is 0 Å². The zero-order valence-corrected chi connectivity index (χ0v) is 17.4. The van der Waals surface area contributed by atoms with Crippen LogP contribution in [0.4, 0.5) is 0 Å². The van der Waals surface area contributed by atoms with Crippen LogP contribution < -0.4 is 5.32 Å². The van der Waals surface area contributed by atoms with Crippen molar-refractivity contribution >= 4 is 5.91 Å². The second-order valence-corrected chi connectivity index (χ2v) is 8.09. The summed E-state index contributed by atoms with van der Waals surface area (Å²) in [4.78, 5) is 12.5. The zero-order valence-electron chi connectivity index (χ0n) is 17.4. The molecule has 2 aromatic carbocycles. The molecule has 1 amide bonds. The Bertz CT molecular complexity index is 970. The van der Waals surface area contributed by atoms with Crippen LogP contribution in [0, 0.1) is 0 Å². The number of nitrogens with zero attached hydrogens (tertiary/aromatic N) is 1. The highest BCUT2D eigenvalue weighted by Crippen LogP contribution is 2.33. The number of hydrogen-bond donors (Lipinski definition) is 1. The molecular formula is C26H30N2O. The molecule has 0 saturated carbocycles. The Labute approximate surface area is 173 Å². The van der Waals surface area contributed by atoms with E-state index in [9.17, 15) is 4.79 Å². The van der Waals surface area contributed by atoms with Crippen molar-refractivity contribution in [2.24, 2.45) is 0 Å². The first-order valence-electron chi connectivity index (χ1n) is 10.9. The molecule has 0 bridgehead atoms. The monoisotopic (exact) mass is 386 g/mol. The van der Waals surface area contributed by atoms with E-state index in [4.69, 9.17) is 0 Å². The van der Waals surface area contributed by atoms with Gasteiger partial charge in [-0.2, -0.15) is 0 Å². The molecule has 150 valence electrons. The summed E-state index contributed by atoms with van der Waals surface area (Å²) >= 11 is 0. The van der Waals surface area contributed by atoms with Crippen molar-refractivity contribution in [2.75, 3.05) is 0 Å². The van der Waals surface area contributed by atoms with Crippen molar-refractivity contribution in [3.8, 4) is 16.9 Å². The van der Waals surface area contributed by atoms with Crippen molar-refractivity contribution in [1.82, 2.24) is 9.88 Å². The zero-order chi connectivity index (χ0) is 20.2. The van der Waals surface area contributed by atoms with Crippen LogP contribution in [0.1, 0.15) is 61.1 Å². The molecule has 0 fully saturated rings. The summed E-state index contributed by atoms with van der Waals surface area (Å²) in [5.74, 6) is 0.000479. The third-order valence-corrected chi connectivity index (χ3v) is 6.00. The van der Waals surface area contributed by atoms with E-state index in [0.717, 1.165) is 24.9 Å². The van der Waals surface area contributed by atoms with Gasteiger partial charge in [0.2, 0.25) is 0 Å². The summed E-state index contributed by atoms with van der Waals surface area (Å²) in [5, 5.41) is 3.05. The van der Waals surface area contributed by atoms with E-state index in [0.29, 0.717) is 5.56 Å². The first-order chi connectivity index (χ1) is 14.2. The number of benzene rings is 2. The average Bonchev–Trinajstić information content (AvgIpc) is 2.96. The summed E-state index contributed by atoms with van der Waals surface area (Å²) in [5.41, 5.74) is 7.23. The first-order valence-corrected chi connectivity index (χ1v) is 10.9. The minimum atomic E-state index is 0.000479. The fraction of sp³-hybridized carbons (Fsp3) is 0.346. The lowest BCUT2D eigenvalue weighted by Crippen LogP contribution is -2.31. The molecule has 29 heavy (non-hydrogen) atoms. The van der Waals surface area contributed by atoms with Gasteiger partial charge in [0.1, 0.15) is 0 Å². The van der Waals surface area contributed by atoms with Gasteiger partial charge in [0.25, 0.3) is 5.91 Å². The number of amides is 1. The topological polar surface area (TPSA) is 34.0 Å². The molecule has 3 heteroatoms. The second kappa shape index (κ2) is 8.69. The van der Waals surface area contributed by atoms with Crippen LogP contribution in [0.2, 0.25) is 0 Å². The van der Waals surface area contributed by atoms with Gasteiger partial charge in [-0.1, -0.05) is 43.7 Å². The van der Waals surface area contributed by atoms with E-state index in [1.807, 2.05) is 19.1 Å². The third-order valence-electron chi connectivity index (χ3n) is 6.00. The number of carbonyl (C=O) groups is 1. The number of nitrogens with one attached hydrogen (secondary N) is 1. The molecule has 1 heterocycles. The van der Waals surface area contributed by atoms with Gasteiger partial charge in [-0.3, -0.25) is 4.79 Å². The Balaban J connectivity index is 1.74. The lowest BCUT2D eigenvalue weighted by molar-refractivity contribution is 0.0939. The molecule has 0 spiro atoms. The van der Waals surface area contributed by atoms with Gasteiger partial charge < -0.3 is 9.88 Å². The Morgan fingerprint density at radius 3 is 2.45 bits per heavy atom. The highest BCUT2D eigenvalue weighted by atomic mass is 16.1. The molecule has 3 nitrogen and oxygen atoms in total. The summed E-state index contributed by atoms with van der Waals surface area (Å²) in [6, 6.07) is 21.2. The highest BCUT2D eigenvalue weighted by molar-refractivity contribution is 5.94. The Kier molecular flexibility index (Phi) is 5.84. The SMILES string of the molecule is CC[C@H](C)NC(=O)c1ccc(-n2c(-c3ccccc3)cc3c2CCCCC3)cc1. The maximum Gasteiger partial charge on any atom is 0.251 e. The van der Waals surface area contributed by atoms with Gasteiger partial charge in [0.15, 0.2) is 0 Å². The van der Waals surface area contributed by atoms with Gasteiger partial charge in [-0.25, -0.2) is 0 Å². The van der Waals surface area contributed by atoms with E-state index in [-0.39, 0.29) is 11.9 Å². The largest absolute Gasteiger partial charge is 0.350 e. The Morgan fingerprint density at radius 1 is 1.00 bits per heavy atom. The van der Waals surface area contributed by atoms with Crippen LogP contribution in [0.5, 0.6) is 0 Å². The second-order valence-electron chi connectivity index (χ2n) is 8.09. The van der Waals surface area contributed by atoms with Gasteiger partial charge in [0, 0.05) is 23.0 Å². The minimum absolute atomic E-state index is 0.000479. The molecule has 0 saturated heterocycles. The maximum atomic E-state index is 12.5. The molecule has 1 aromatic heterocycles. The predicted octanol–water partition coefficient (Wildman–Crippen LogP) is 5.94. The van der Waals surface area contributed by atoms with Crippen LogP contribution >= 0.6 is 0 Å². The summed E-state index contributed by atoms with van der Waals surface area (Å²) in [6.45, 7) is 4.12. The number of hydrogen-bond acceptors (Lipinski definition) is 1. The van der Waals surface area contributed by atoms with Crippen molar-refractivity contribution in [2.45, 2.75) is 58.4 Å². The molecule has 0 aliphatic heterocycles. The van der Waals surface area contributed by atoms with E-state index < -0.39 is 0 Å². The molecule has 1 aliphatic rings. The lowest BCUT2D eigenvalue weighted by atomic mass is 10.1. The molecule has 0 unspecified atom stereocenters. The molecule has 1 atom stereocenters. The lowest BCUT2D eigenvalue weighted by Gasteiger charge is -2.16. The van der Waals surface area contributed by atoms with Crippen LogP contribution in [0.25, 0.3) is 16.9 Å². The summed E-state index contributed by atoms with van der Waals surface area (Å²) in [7, 11) is 0. The molecular weight excluding hydrogens is 356 g/mol. The Hall–Kier alpha value is -2.81. The van der Waals surface area contributed by atoms with Crippen LogP contribution in [-0.2, 0) is 12.8 Å². The van der Waals surface area contributed by atoms with E-state index in [2.05, 4.69) is 65.3 Å². The predicted molar refractivity (Wildman–Crippen MR) is 120 cm³/mol. The summed E-state index contributed by atoms with van der Waals surface area (Å²) < 4.78 is 2.41. The quantitative estimate of drug-likeness (QED) is 0.541. The third kappa shape index (κ3) is 4.14. The highest BCUT2D eigenvalue weighted by Gasteiger charge is 2.19. The average molecular weight is 387 g/mol. The fourth-order valence-corrected chi connectivity index (χ4v) is 4.16. The number of fused-ring (bicyclic) bond motifs is 1. The number of aryl methyl sites for hydroxylation is 1. The molecule has 1 N–H and O–H groups in total. The van der Waals surface area contributed by atoms with Gasteiger partial charge in [-0.05, 0) is 80.5 Å². The van der Waals surface area contributed by atoms with E-state index in [1.165, 1.54) is 41.8 Å². The van der Waals surface area contributed by atoms with Crippen LogP contribution in [0.15, 0.2) is 60.7 Å². The van der Waals surface area contributed by atoms with Crippen LogP contribution in [-0.4, -0.2) is 16.5 Å². The van der Waals surface area contributed by atoms with Crippen molar-refractivity contribution in [3.05, 3.63) is 77.5 Å². The summed E-state index contributed by atoms with van der Waals surface area (Å²) in [6.07, 6.45) is 6.99. The fourth-order valence-electron chi connectivity index (χ4n) is 4.16. The molecule has 1 aliphatic carbocycles. The van der Waals surface area contributed by atoms with Gasteiger partial charge in [0.05, 0.1) is 5.69 Å². The standard InChI is InChI=1S/C26H30N2O/c1-3-19(2)27-26(29)21-14-16-23(17-15-21)28-24-13-9-5-8-12-22(24)18-25(28)20-10-6-4-7-11-20/h4,6-7,10-11,14-19H,3,5,8-9,12-13H2,1-2H3,(H,27,29)/t19-/m0/s1. The van der Waals surface area contributed by atoms with Crippen LogP contribution in [0.3, 0.4) is 0 Å². The van der Waals surface area contributed by atoms with Crippen molar-refractivity contribution < 1.29 is 4.79 Å². The molecule has 0 radical (unpaired) electrons. The van der Waals surface area contributed by atoms with E-state index >= 15 is 0 Å². The number of carbonyl (C=O) groups excluding carboxylic acids is 1. The smallest absolute Gasteiger partial charge is 0.251 e. The number of rotatable bonds is 5. The maximum absolute atomic E-state index is 12.5. The van der Waals surface area contributed by atoms with E-state index in [1.54, 1.807) is 0 Å². The minimum Gasteiger partial charge on any atom is -0.350 e. The normalized spacial score (nSPS) is 14.7. The molecule has 4 rings (SSSR count). The van der Waals surface area contributed by atoms with Gasteiger partial charge in [-0.15, -0.1) is 0 Å². The van der Waals surface area contributed by atoms with Gasteiger partial charge >= 0.3 is 0 Å². The Morgan fingerprint density at radius 2 is 1.72 bits per heavy atom. The number of aromatic nitrogens is 1. The molecule has 3 aromatic rings. The first kappa shape index (κ1) is 19.5.